The van der Waals surface area contributed by atoms with E-state index in [-0.39, 0.29) is 33.8 Å². The summed E-state index contributed by atoms with van der Waals surface area (Å²) in [4.78, 5) is 0. The van der Waals surface area contributed by atoms with E-state index in [1.54, 1.807) is 0 Å². The van der Waals surface area contributed by atoms with Crippen molar-refractivity contribution < 1.29 is 53.4 Å². The third-order valence-electron chi connectivity index (χ3n) is 5.23. The Balaban J connectivity index is 2.18. The van der Waals surface area contributed by atoms with Gasteiger partial charge in [0, 0.05) is 0 Å². The lowest BCUT2D eigenvalue weighted by molar-refractivity contribution is 0.326. The molecular weight excluding hydrogens is 486 g/mol. The number of rotatable bonds is 4. The third-order valence-corrected chi connectivity index (χ3v) is 5.23. The second-order valence-electron chi connectivity index (χ2n) is 7.16. The van der Waals surface area contributed by atoms with Crippen LogP contribution in [0.25, 0.3) is 0 Å². The van der Waals surface area contributed by atoms with Crippen molar-refractivity contribution in [3.8, 4) is 23.0 Å². The van der Waals surface area contributed by atoms with E-state index in [2.05, 4.69) is 0 Å². The second kappa shape index (κ2) is 8.73. The quantitative estimate of drug-likeness (QED) is 0.207. The molecule has 0 saturated carbocycles. The van der Waals surface area contributed by atoms with Crippen molar-refractivity contribution in [3.05, 3.63) is 80.4 Å². The fourth-order valence-corrected chi connectivity index (χ4v) is 3.10. The van der Waals surface area contributed by atoms with Crippen molar-refractivity contribution in [2.24, 2.45) is 0 Å². The fourth-order valence-electron chi connectivity index (χ4n) is 3.10. The van der Waals surface area contributed by atoms with Crippen LogP contribution in [0, 0.1) is 85.9 Å². The Hall–Kier alpha value is -3.44. The maximum atomic E-state index is 14.1. The zero-order valence-electron chi connectivity index (χ0n) is 17.6. The Bertz CT molecular complexity index is 1160. The summed E-state index contributed by atoms with van der Waals surface area (Å²) in [6, 6.07) is 0. The SMILES string of the molecule is Cc1c(C)c(Oc2c(F)c(F)c(F)c(F)c2F)c(C)c(C)c1Oc1c(F)c(F)c(F)c(F)c1F. The number of hydrogen-bond acceptors (Lipinski definition) is 2. The molecule has 0 atom stereocenters. The van der Waals surface area contributed by atoms with E-state index in [0.717, 1.165) is 0 Å². The molecule has 0 spiro atoms. The summed E-state index contributed by atoms with van der Waals surface area (Å²) < 4.78 is 147. The van der Waals surface area contributed by atoms with Gasteiger partial charge in [0.1, 0.15) is 11.5 Å². The minimum Gasteiger partial charge on any atom is -0.450 e. The largest absolute Gasteiger partial charge is 0.450 e. The van der Waals surface area contributed by atoms with Crippen LogP contribution in [0.15, 0.2) is 0 Å². The maximum absolute atomic E-state index is 14.1. The van der Waals surface area contributed by atoms with E-state index in [4.69, 9.17) is 9.47 Å². The van der Waals surface area contributed by atoms with Crippen LogP contribution < -0.4 is 9.47 Å². The third kappa shape index (κ3) is 3.70. The van der Waals surface area contributed by atoms with Crippen LogP contribution in [0.5, 0.6) is 23.0 Å². The Kier molecular flexibility index (Phi) is 6.47. The highest BCUT2D eigenvalue weighted by molar-refractivity contribution is 5.59. The monoisotopic (exact) mass is 498 g/mol. The first-order valence-electron chi connectivity index (χ1n) is 9.21. The summed E-state index contributed by atoms with van der Waals surface area (Å²) in [7, 11) is 0. The molecule has 0 saturated heterocycles. The van der Waals surface area contributed by atoms with Gasteiger partial charge in [-0.05, 0) is 49.9 Å². The van der Waals surface area contributed by atoms with Crippen molar-refractivity contribution in [3.63, 3.8) is 0 Å². The summed E-state index contributed by atoms with van der Waals surface area (Å²) in [5.74, 6) is -26.7. The van der Waals surface area contributed by atoms with Crippen LogP contribution in [0.2, 0.25) is 0 Å². The van der Waals surface area contributed by atoms with E-state index in [1.807, 2.05) is 0 Å². The molecule has 0 aliphatic heterocycles. The highest BCUT2D eigenvalue weighted by Crippen LogP contribution is 2.44. The molecule has 3 rings (SSSR count). The van der Waals surface area contributed by atoms with Gasteiger partial charge in [-0.15, -0.1) is 0 Å². The molecule has 12 heteroatoms. The zero-order chi connectivity index (χ0) is 25.8. The molecular formula is C22H12F10O2. The van der Waals surface area contributed by atoms with Crippen molar-refractivity contribution in [1.82, 2.24) is 0 Å². The van der Waals surface area contributed by atoms with Gasteiger partial charge in [0.25, 0.3) is 0 Å². The van der Waals surface area contributed by atoms with Crippen LogP contribution in [0.3, 0.4) is 0 Å². The van der Waals surface area contributed by atoms with Gasteiger partial charge >= 0.3 is 0 Å². The normalized spacial score (nSPS) is 11.2. The van der Waals surface area contributed by atoms with Gasteiger partial charge in [0.2, 0.25) is 69.7 Å². The highest BCUT2D eigenvalue weighted by atomic mass is 19.2. The summed E-state index contributed by atoms with van der Waals surface area (Å²) in [6.07, 6.45) is 0. The number of ether oxygens (including phenoxy) is 2. The Labute approximate surface area is 185 Å². The molecule has 3 aromatic rings. The molecule has 0 N–H and O–H groups in total. The van der Waals surface area contributed by atoms with Gasteiger partial charge in [-0.1, -0.05) is 0 Å². The van der Waals surface area contributed by atoms with Crippen LogP contribution >= 0.6 is 0 Å². The van der Waals surface area contributed by atoms with Gasteiger partial charge in [0.15, 0.2) is 0 Å². The Morgan fingerprint density at radius 2 is 0.471 bits per heavy atom. The average molecular weight is 498 g/mol. The lowest BCUT2D eigenvalue weighted by atomic mass is 9.98. The van der Waals surface area contributed by atoms with E-state index >= 15 is 0 Å². The van der Waals surface area contributed by atoms with Crippen LogP contribution in [0.4, 0.5) is 43.9 Å². The molecule has 2 nitrogen and oxygen atoms in total. The molecule has 0 amide bonds. The minimum atomic E-state index is -2.39. The van der Waals surface area contributed by atoms with E-state index in [0.29, 0.717) is 0 Å². The zero-order valence-corrected chi connectivity index (χ0v) is 17.6. The summed E-state index contributed by atoms with van der Waals surface area (Å²) in [5, 5.41) is 0. The first-order valence-corrected chi connectivity index (χ1v) is 9.21. The number of hydrogen-bond donors (Lipinski definition) is 0. The molecule has 0 heterocycles. The maximum Gasteiger partial charge on any atom is 0.207 e. The smallest absolute Gasteiger partial charge is 0.207 e. The molecule has 0 unspecified atom stereocenters. The van der Waals surface area contributed by atoms with E-state index in [1.165, 1.54) is 27.7 Å². The predicted octanol–water partition coefficient (Wildman–Crippen LogP) is 7.90. The summed E-state index contributed by atoms with van der Waals surface area (Å²) >= 11 is 0. The fraction of sp³-hybridized carbons (Fsp3) is 0.182. The summed E-state index contributed by atoms with van der Waals surface area (Å²) in [5.41, 5.74) is -0.200. The lowest BCUT2D eigenvalue weighted by Crippen LogP contribution is -2.08. The predicted molar refractivity (Wildman–Crippen MR) is 98.0 cm³/mol. The van der Waals surface area contributed by atoms with Crippen LogP contribution in [-0.2, 0) is 0 Å². The van der Waals surface area contributed by atoms with Crippen LogP contribution in [0.1, 0.15) is 22.3 Å². The Morgan fingerprint density at radius 3 is 0.676 bits per heavy atom. The molecule has 3 aromatic carbocycles. The number of halogens is 10. The van der Waals surface area contributed by atoms with Crippen molar-refractivity contribution in [2.45, 2.75) is 27.7 Å². The first kappa shape index (κ1) is 25.2. The molecule has 182 valence electrons. The molecule has 0 aliphatic carbocycles. The van der Waals surface area contributed by atoms with Gasteiger partial charge in [-0.25, -0.2) is 26.3 Å². The highest BCUT2D eigenvalue weighted by Gasteiger charge is 2.31. The van der Waals surface area contributed by atoms with E-state index < -0.39 is 69.7 Å². The molecule has 0 aliphatic rings. The van der Waals surface area contributed by atoms with Gasteiger partial charge in [0.05, 0.1) is 0 Å². The van der Waals surface area contributed by atoms with Crippen molar-refractivity contribution in [2.75, 3.05) is 0 Å². The average Bonchev–Trinajstić information content (AvgIpc) is 2.81. The summed E-state index contributed by atoms with van der Waals surface area (Å²) in [6.45, 7) is 4.98. The van der Waals surface area contributed by atoms with Crippen LogP contribution in [-0.4, -0.2) is 0 Å². The lowest BCUT2D eigenvalue weighted by Gasteiger charge is -2.21. The molecule has 34 heavy (non-hydrogen) atoms. The van der Waals surface area contributed by atoms with Gasteiger partial charge in [-0.2, -0.15) is 17.6 Å². The molecule has 0 fully saturated rings. The number of benzene rings is 3. The minimum absolute atomic E-state index is 0.0501. The molecule has 0 aromatic heterocycles. The topological polar surface area (TPSA) is 18.5 Å². The van der Waals surface area contributed by atoms with Gasteiger partial charge < -0.3 is 9.47 Å². The Morgan fingerprint density at radius 1 is 0.294 bits per heavy atom. The van der Waals surface area contributed by atoms with Gasteiger partial charge in [-0.3, -0.25) is 0 Å². The standard InChI is InChI=1S/C22H12F10O2/c1-5-6(2)20(34-22-17(31)13(27)10(24)14(28)18(22)32)8(4)7(3)19(5)33-21-15(29)11(25)9(23)12(26)16(21)30/h1-4H3. The van der Waals surface area contributed by atoms with E-state index in [9.17, 15) is 43.9 Å². The van der Waals surface area contributed by atoms with Crippen molar-refractivity contribution in [1.29, 1.82) is 0 Å². The first-order chi connectivity index (χ1) is 15.7. The second-order valence-corrected chi connectivity index (χ2v) is 7.16. The van der Waals surface area contributed by atoms with Crippen molar-refractivity contribution >= 4 is 0 Å². The molecule has 0 bridgehead atoms. The molecule has 0 radical (unpaired) electrons.